The minimum Gasteiger partial charge on any atom is -0.495 e. The van der Waals surface area contributed by atoms with E-state index < -0.39 is 54.6 Å². The lowest BCUT2D eigenvalue weighted by Crippen LogP contribution is -2.61. The van der Waals surface area contributed by atoms with Crippen molar-refractivity contribution >= 4 is 21.9 Å². The maximum absolute atomic E-state index is 11.9. The van der Waals surface area contributed by atoms with Gasteiger partial charge in [0, 0.05) is 6.07 Å². The number of aliphatic hydroxyl groups is 5. The molecule has 2 aromatic heterocycles. The first-order valence-corrected chi connectivity index (χ1v) is 10.9. The van der Waals surface area contributed by atoms with E-state index in [0.29, 0.717) is 16.5 Å². The molecule has 0 amide bonds. The molecule has 5 N–H and O–H groups in total. The van der Waals surface area contributed by atoms with Crippen molar-refractivity contribution in [1.82, 2.24) is 0 Å². The van der Waals surface area contributed by atoms with Crippen molar-refractivity contribution in [2.24, 2.45) is 0 Å². The summed E-state index contributed by atoms with van der Waals surface area (Å²) in [7, 11) is 1.47. The van der Waals surface area contributed by atoms with Crippen molar-refractivity contribution in [1.29, 1.82) is 0 Å². The Balaban J connectivity index is 1.57. The van der Waals surface area contributed by atoms with Crippen molar-refractivity contribution in [3.63, 3.8) is 0 Å². The highest BCUT2D eigenvalue weighted by molar-refractivity contribution is 6.06. The number of ether oxygens (including phenoxy) is 4. The van der Waals surface area contributed by atoms with Gasteiger partial charge in [0.1, 0.15) is 42.9 Å². The first-order chi connectivity index (χ1) is 16.6. The summed E-state index contributed by atoms with van der Waals surface area (Å²) in [5.74, 6) is 0.493. The molecule has 1 aliphatic heterocycles. The van der Waals surface area contributed by atoms with E-state index in [2.05, 4.69) is 0 Å². The van der Waals surface area contributed by atoms with E-state index in [9.17, 15) is 30.3 Å². The normalized spacial score (nSPS) is 26.2. The van der Waals surface area contributed by atoms with Crippen LogP contribution < -0.4 is 15.1 Å². The molecule has 4 rings (SSSR count). The van der Waals surface area contributed by atoms with E-state index in [-0.39, 0.29) is 23.5 Å². The predicted octanol–water partition coefficient (Wildman–Crippen LogP) is -0.117. The number of hydrogen-bond donors (Lipinski definition) is 5. The van der Waals surface area contributed by atoms with Gasteiger partial charge in [-0.3, -0.25) is 0 Å². The Hall–Kier alpha value is -2.71. The van der Waals surface area contributed by atoms with Crippen LogP contribution in [0.3, 0.4) is 0 Å². The predicted molar refractivity (Wildman–Crippen MR) is 119 cm³/mol. The summed E-state index contributed by atoms with van der Waals surface area (Å²) >= 11 is 0. The quantitative estimate of drug-likeness (QED) is 0.261. The van der Waals surface area contributed by atoms with Gasteiger partial charge in [-0.1, -0.05) is 0 Å². The second-order valence-electron chi connectivity index (χ2n) is 8.77. The fourth-order valence-corrected chi connectivity index (χ4v) is 3.93. The second kappa shape index (κ2) is 9.74. The highest BCUT2D eigenvalue weighted by Crippen LogP contribution is 2.42. The van der Waals surface area contributed by atoms with Crippen LogP contribution in [-0.2, 0) is 9.47 Å². The average molecular weight is 496 g/mol. The van der Waals surface area contributed by atoms with Crippen LogP contribution in [0.1, 0.15) is 13.8 Å². The summed E-state index contributed by atoms with van der Waals surface area (Å²) in [5, 5.41) is 51.4. The zero-order valence-electron chi connectivity index (χ0n) is 19.3. The lowest BCUT2D eigenvalue weighted by Gasteiger charge is -2.43. The lowest BCUT2D eigenvalue weighted by molar-refractivity contribution is -0.332. The number of fused-ring (bicyclic) bond motifs is 2. The number of furan rings is 1. The fourth-order valence-electron chi connectivity index (χ4n) is 3.93. The Morgan fingerprint density at radius 2 is 1.74 bits per heavy atom. The molecule has 1 aromatic carbocycles. The molecule has 0 bridgehead atoms. The van der Waals surface area contributed by atoms with Crippen LogP contribution >= 0.6 is 0 Å². The number of rotatable bonds is 8. The molecule has 6 atom stereocenters. The number of hydrogen-bond acceptors (Lipinski definition) is 12. The molecule has 3 aromatic rings. The molecular formula is C23H28O12. The summed E-state index contributed by atoms with van der Waals surface area (Å²) in [6, 6.07) is 4.43. The van der Waals surface area contributed by atoms with Gasteiger partial charge in [0.2, 0.25) is 5.75 Å². The van der Waals surface area contributed by atoms with E-state index in [0.717, 1.165) is 0 Å². The molecule has 0 saturated carbocycles. The summed E-state index contributed by atoms with van der Waals surface area (Å²) in [5.41, 5.74) is -1.72. The Morgan fingerprint density at radius 1 is 1.03 bits per heavy atom. The summed E-state index contributed by atoms with van der Waals surface area (Å²) in [6.45, 7) is 2.01. The summed E-state index contributed by atoms with van der Waals surface area (Å²) in [4.78, 5) is 11.9. The van der Waals surface area contributed by atoms with Gasteiger partial charge in [0.25, 0.3) is 0 Å². The smallest absolute Gasteiger partial charge is 0.336 e. The molecule has 1 fully saturated rings. The van der Waals surface area contributed by atoms with Gasteiger partial charge in [-0.25, -0.2) is 4.79 Å². The third-order valence-corrected chi connectivity index (χ3v) is 6.06. The molecule has 0 spiro atoms. The SMILES string of the molecule is COc1c2ccoc2c(OC[C@@H](O)C(C)(C)O[C@@H]2O[C@H](CO)[C@@H](O)[C@H](O)[C@H]2O)c2oc(=O)ccc12. The Morgan fingerprint density at radius 3 is 2.43 bits per heavy atom. The van der Waals surface area contributed by atoms with Crippen LogP contribution in [0, 0.1) is 0 Å². The van der Waals surface area contributed by atoms with Crippen molar-refractivity contribution in [2.75, 3.05) is 20.3 Å². The Bertz CT molecular complexity index is 1230. The van der Waals surface area contributed by atoms with E-state index in [4.69, 9.17) is 27.8 Å². The first-order valence-electron chi connectivity index (χ1n) is 10.9. The van der Waals surface area contributed by atoms with Crippen molar-refractivity contribution in [3.05, 3.63) is 34.9 Å². The maximum atomic E-state index is 11.9. The molecule has 1 aliphatic rings. The summed E-state index contributed by atoms with van der Waals surface area (Å²) < 4.78 is 33.3. The summed E-state index contributed by atoms with van der Waals surface area (Å²) in [6.07, 6.45) is -7.33. The molecule has 35 heavy (non-hydrogen) atoms. The zero-order chi connectivity index (χ0) is 25.5. The van der Waals surface area contributed by atoms with E-state index in [1.165, 1.54) is 39.4 Å². The average Bonchev–Trinajstić information content (AvgIpc) is 3.31. The minimum atomic E-state index is -1.64. The van der Waals surface area contributed by atoms with Gasteiger partial charge >= 0.3 is 5.63 Å². The van der Waals surface area contributed by atoms with Gasteiger partial charge < -0.3 is 53.3 Å². The van der Waals surface area contributed by atoms with Gasteiger partial charge in [0.15, 0.2) is 17.5 Å². The van der Waals surface area contributed by atoms with E-state index in [1.54, 1.807) is 6.07 Å². The van der Waals surface area contributed by atoms with Crippen molar-refractivity contribution in [3.8, 4) is 11.5 Å². The van der Waals surface area contributed by atoms with E-state index >= 15 is 0 Å². The van der Waals surface area contributed by atoms with Crippen LogP contribution in [0.5, 0.6) is 11.5 Å². The number of aliphatic hydroxyl groups excluding tert-OH is 5. The van der Waals surface area contributed by atoms with Crippen molar-refractivity contribution < 1.29 is 53.3 Å². The zero-order valence-corrected chi connectivity index (χ0v) is 19.3. The van der Waals surface area contributed by atoms with Crippen LogP contribution in [0.25, 0.3) is 21.9 Å². The van der Waals surface area contributed by atoms with Gasteiger partial charge in [-0.15, -0.1) is 0 Å². The van der Waals surface area contributed by atoms with Gasteiger partial charge in [-0.05, 0) is 26.0 Å². The minimum absolute atomic E-state index is 0.0664. The third kappa shape index (κ3) is 4.61. The number of benzene rings is 1. The molecule has 1 saturated heterocycles. The van der Waals surface area contributed by atoms with Crippen LogP contribution in [0.2, 0.25) is 0 Å². The molecule has 0 aliphatic carbocycles. The van der Waals surface area contributed by atoms with Gasteiger partial charge in [-0.2, -0.15) is 0 Å². The molecule has 192 valence electrons. The topological polar surface area (TPSA) is 181 Å². The monoisotopic (exact) mass is 496 g/mol. The first kappa shape index (κ1) is 25.4. The fraction of sp³-hybridized carbons (Fsp3) is 0.522. The Labute approximate surface area is 198 Å². The Kier molecular flexibility index (Phi) is 7.06. The third-order valence-electron chi connectivity index (χ3n) is 6.06. The maximum Gasteiger partial charge on any atom is 0.336 e. The van der Waals surface area contributed by atoms with Crippen LogP contribution in [-0.4, -0.2) is 88.3 Å². The van der Waals surface area contributed by atoms with Crippen LogP contribution in [0.4, 0.5) is 0 Å². The second-order valence-corrected chi connectivity index (χ2v) is 8.77. The van der Waals surface area contributed by atoms with Crippen LogP contribution in [0.15, 0.2) is 38.1 Å². The standard InChI is InChI=1S/C23H28O12/c1-23(2,35-22-17(29)16(28)15(27)12(8-24)33-22)13(25)9-32-21-19-11(6-7-31-19)18(30-3)10-4-5-14(26)34-20(10)21/h4-7,12-13,15-17,22,24-25,27-29H,8-9H2,1-3H3/t12-,13-,15-,16+,17-,22+/m1/s1. The highest BCUT2D eigenvalue weighted by atomic mass is 16.7. The molecule has 12 nitrogen and oxygen atoms in total. The largest absolute Gasteiger partial charge is 0.495 e. The lowest BCUT2D eigenvalue weighted by atomic mass is 9.98. The molecule has 0 radical (unpaired) electrons. The molecular weight excluding hydrogens is 468 g/mol. The van der Waals surface area contributed by atoms with Gasteiger partial charge in [0.05, 0.1) is 36.4 Å². The number of methoxy groups -OCH3 is 1. The molecule has 0 unspecified atom stereocenters. The van der Waals surface area contributed by atoms with Crippen molar-refractivity contribution in [2.45, 2.75) is 56.3 Å². The van der Waals surface area contributed by atoms with E-state index in [1.807, 2.05) is 0 Å². The molecule has 3 heterocycles. The highest BCUT2D eigenvalue weighted by Gasteiger charge is 2.47. The molecule has 12 heteroatoms.